The minimum Gasteiger partial charge on any atom is -0.444 e. The van der Waals surface area contributed by atoms with Gasteiger partial charge in [-0.25, -0.2) is 9.78 Å². The number of fused-ring (bicyclic) bond motifs is 1. The number of aryl methyl sites for hydroxylation is 2. The molecule has 0 unspecified atom stereocenters. The zero-order valence-electron chi connectivity index (χ0n) is 19.9. The van der Waals surface area contributed by atoms with Crippen LogP contribution in [0.25, 0.3) is 11.0 Å². The molecule has 0 spiro atoms. The summed E-state index contributed by atoms with van der Waals surface area (Å²) in [4.78, 5) is 23.6. The molecule has 0 saturated heterocycles. The minimum absolute atomic E-state index is 0.363. The van der Waals surface area contributed by atoms with Gasteiger partial charge in [0.1, 0.15) is 11.4 Å². The van der Waals surface area contributed by atoms with Crippen molar-refractivity contribution in [2.75, 3.05) is 13.1 Å². The molecule has 0 aliphatic carbocycles. The monoisotopic (exact) mass is 437 g/mol. The van der Waals surface area contributed by atoms with Crippen LogP contribution < -0.4 is 5.32 Å². The number of alkyl carbamates (subject to hydrolysis) is 1. The normalized spacial score (nSPS) is 11.8. The standard InChI is InChI=1S/C25H35N5O2/c1-19-11-10-15-26-21(19)17-30(16-9-8-14-27-24(31)32-25(2,3)4)18-23-28-20-12-6-7-13-22(20)29(23)5/h6-7,10-13,15H,8-9,14,16-18H2,1-5H3,(H,27,31). The number of unbranched alkanes of at least 4 members (excludes halogenated alkanes) is 1. The van der Waals surface area contributed by atoms with Crippen molar-refractivity contribution in [3.8, 4) is 0 Å². The van der Waals surface area contributed by atoms with Crippen LogP contribution in [0.2, 0.25) is 0 Å². The molecule has 0 aliphatic rings. The van der Waals surface area contributed by atoms with Crippen molar-refractivity contribution in [3.05, 3.63) is 59.7 Å². The van der Waals surface area contributed by atoms with Crippen molar-refractivity contribution in [2.24, 2.45) is 7.05 Å². The SMILES string of the molecule is Cc1cccnc1CN(CCCCNC(=O)OC(C)(C)C)Cc1nc2ccccc2n1C. The number of ether oxygens (including phenoxy) is 1. The molecule has 1 N–H and O–H groups in total. The van der Waals surface area contributed by atoms with Crippen LogP contribution in [0.4, 0.5) is 4.79 Å². The van der Waals surface area contributed by atoms with Crippen LogP contribution in [-0.4, -0.2) is 44.2 Å². The van der Waals surface area contributed by atoms with Crippen LogP contribution in [-0.2, 0) is 24.9 Å². The lowest BCUT2D eigenvalue weighted by Gasteiger charge is -2.23. The predicted molar refractivity (Wildman–Crippen MR) is 127 cm³/mol. The van der Waals surface area contributed by atoms with E-state index in [0.29, 0.717) is 6.54 Å². The van der Waals surface area contributed by atoms with Crippen molar-refractivity contribution in [1.82, 2.24) is 24.8 Å². The molecule has 2 heterocycles. The summed E-state index contributed by atoms with van der Waals surface area (Å²) in [5.41, 5.74) is 3.94. The van der Waals surface area contributed by atoms with Gasteiger partial charge in [0, 0.05) is 26.3 Å². The molecule has 0 bridgehead atoms. The summed E-state index contributed by atoms with van der Waals surface area (Å²) in [5, 5.41) is 2.84. The molecule has 0 atom stereocenters. The zero-order chi connectivity index (χ0) is 23.1. The van der Waals surface area contributed by atoms with E-state index in [4.69, 9.17) is 9.72 Å². The molecule has 7 heteroatoms. The van der Waals surface area contributed by atoms with Gasteiger partial charge in [0.25, 0.3) is 0 Å². The number of para-hydroxylation sites is 2. The first kappa shape index (κ1) is 23.7. The van der Waals surface area contributed by atoms with Gasteiger partial charge >= 0.3 is 6.09 Å². The second kappa shape index (κ2) is 10.6. The fraction of sp³-hybridized carbons (Fsp3) is 0.480. The summed E-state index contributed by atoms with van der Waals surface area (Å²) >= 11 is 0. The Bertz CT molecular complexity index is 1040. The molecule has 0 fully saturated rings. The van der Waals surface area contributed by atoms with E-state index >= 15 is 0 Å². The molecule has 0 radical (unpaired) electrons. The van der Waals surface area contributed by atoms with Crippen LogP contribution in [0.15, 0.2) is 42.6 Å². The van der Waals surface area contributed by atoms with Gasteiger partial charge in [0.2, 0.25) is 0 Å². The summed E-state index contributed by atoms with van der Waals surface area (Å²) in [5.74, 6) is 1.03. The number of nitrogens with zero attached hydrogens (tertiary/aromatic N) is 4. The second-order valence-electron chi connectivity index (χ2n) is 9.19. The number of rotatable bonds is 9. The Morgan fingerprint density at radius 1 is 1.12 bits per heavy atom. The van der Waals surface area contributed by atoms with E-state index in [0.717, 1.165) is 55.0 Å². The third-order valence-corrected chi connectivity index (χ3v) is 5.31. The molecular formula is C25H35N5O2. The molecule has 3 rings (SSSR count). The smallest absolute Gasteiger partial charge is 0.407 e. The average Bonchev–Trinajstić information content (AvgIpc) is 3.03. The van der Waals surface area contributed by atoms with Gasteiger partial charge in [-0.1, -0.05) is 18.2 Å². The molecule has 2 aromatic heterocycles. The number of amides is 1. The van der Waals surface area contributed by atoms with E-state index in [1.165, 1.54) is 5.56 Å². The Morgan fingerprint density at radius 2 is 1.91 bits per heavy atom. The molecule has 172 valence electrons. The number of carbonyl (C=O) groups is 1. The number of hydrogen-bond acceptors (Lipinski definition) is 5. The number of aromatic nitrogens is 3. The molecular weight excluding hydrogens is 402 g/mol. The van der Waals surface area contributed by atoms with Gasteiger partial charge in [-0.3, -0.25) is 9.88 Å². The first-order valence-corrected chi connectivity index (χ1v) is 11.2. The molecule has 7 nitrogen and oxygen atoms in total. The second-order valence-corrected chi connectivity index (χ2v) is 9.19. The first-order valence-electron chi connectivity index (χ1n) is 11.2. The number of hydrogen-bond donors (Lipinski definition) is 1. The van der Waals surface area contributed by atoms with E-state index in [9.17, 15) is 4.79 Å². The highest BCUT2D eigenvalue weighted by molar-refractivity contribution is 5.75. The molecule has 0 saturated carbocycles. The van der Waals surface area contributed by atoms with Gasteiger partial charge in [0.05, 0.1) is 23.3 Å². The highest BCUT2D eigenvalue weighted by Gasteiger charge is 2.16. The average molecular weight is 438 g/mol. The van der Waals surface area contributed by atoms with Gasteiger partial charge in [-0.05, 0) is 70.8 Å². The highest BCUT2D eigenvalue weighted by atomic mass is 16.6. The van der Waals surface area contributed by atoms with Crippen LogP contribution in [0, 0.1) is 6.92 Å². The van der Waals surface area contributed by atoms with Gasteiger partial charge in [-0.2, -0.15) is 0 Å². The Balaban J connectivity index is 1.61. The summed E-state index contributed by atoms with van der Waals surface area (Å²) < 4.78 is 7.46. The number of imidazole rings is 1. The molecule has 3 aromatic rings. The minimum atomic E-state index is -0.479. The predicted octanol–water partition coefficient (Wildman–Crippen LogP) is 4.58. The third-order valence-electron chi connectivity index (χ3n) is 5.31. The lowest BCUT2D eigenvalue weighted by molar-refractivity contribution is 0.0526. The van der Waals surface area contributed by atoms with Gasteiger partial charge in [0.15, 0.2) is 0 Å². The van der Waals surface area contributed by atoms with E-state index in [2.05, 4.69) is 51.9 Å². The lowest BCUT2D eigenvalue weighted by atomic mass is 10.2. The Kier molecular flexibility index (Phi) is 7.85. The van der Waals surface area contributed by atoms with Crippen LogP contribution >= 0.6 is 0 Å². The van der Waals surface area contributed by atoms with Crippen molar-refractivity contribution in [2.45, 2.75) is 59.2 Å². The summed E-state index contributed by atoms with van der Waals surface area (Å²) in [6, 6.07) is 12.3. The van der Waals surface area contributed by atoms with Crippen molar-refractivity contribution >= 4 is 17.1 Å². The Hall–Kier alpha value is -2.93. The summed E-state index contributed by atoms with van der Waals surface area (Å²) in [6.07, 6.45) is 3.31. The lowest BCUT2D eigenvalue weighted by Crippen LogP contribution is -2.33. The highest BCUT2D eigenvalue weighted by Crippen LogP contribution is 2.17. The first-order chi connectivity index (χ1) is 15.2. The zero-order valence-corrected chi connectivity index (χ0v) is 19.9. The topological polar surface area (TPSA) is 72.3 Å². The van der Waals surface area contributed by atoms with E-state index < -0.39 is 5.60 Å². The fourth-order valence-electron chi connectivity index (χ4n) is 3.61. The molecule has 0 aliphatic heterocycles. The quantitative estimate of drug-likeness (QED) is 0.496. The summed E-state index contributed by atoms with van der Waals surface area (Å²) in [6.45, 7) is 10.7. The maximum atomic E-state index is 11.8. The van der Waals surface area contributed by atoms with Gasteiger partial charge in [-0.15, -0.1) is 0 Å². The van der Waals surface area contributed by atoms with Crippen molar-refractivity contribution in [1.29, 1.82) is 0 Å². The van der Waals surface area contributed by atoms with Crippen molar-refractivity contribution in [3.63, 3.8) is 0 Å². The van der Waals surface area contributed by atoms with Crippen LogP contribution in [0.3, 0.4) is 0 Å². The number of nitrogens with one attached hydrogen (secondary N) is 1. The molecule has 32 heavy (non-hydrogen) atoms. The molecule has 1 aromatic carbocycles. The fourth-order valence-corrected chi connectivity index (χ4v) is 3.61. The van der Waals surface area contributed by atoms with E-state index in [1.807, 2.05) is 45.2 Å². The van der Waals surface area contributed by atoms with Gasteiger partial charge < -0.3 is 14.6 Å². The van der Waals surface area contributed by atoms with Crippen LogP contribution in [0.5, 0.6) is 0 Å². The maximum Gasteiger partial charge on any atom is 0.407 e. The Labute approximate surface area is 190 Å². The maximum absolute atomic E-state index is 11.8. The van der Waals surface area contributed by atoms with E-state index in [-0.39, 0.29) is 6.09 Å². The third kappa shape index (κ3) is 6.79. The van der Waals surface area contributed by atoms with Crippen molar-refractivity contribution < 1.29 is 9.53 Å². The number of carbonyl (C=O) groups excluding carboxylic acids is 1. The summed E-state index contributed by atoms with van der Waals surface area (Å²) in [7, 11) is 2.07. The van der Waals surface area contributed by atoms with E-state index in [1.54, 1.807) is 0 Å². The van der Waals surface area contributed by atoms with Crippen LogP contribution in [0.1, 0.15) is 50.7 Å². The Morgan fingerprint density at radius 3 is 2.62 bits per heavy atom. The number of benzene rings is 1. The largest absolute Gasteiger partial charge is 0.444 e. The number of pyridine rings is 1. The molecule has 1 amide bonds.